The summed E-state index contributed by atoms with van der Waals surface area (Å²) in [5.74, 6) is 0.878. The van der Waals surface area contributed by atoms with Crippen LogP contribution in [0.15, 0.2) is 18.6 Å². The number of hydrogen-bond acceptors (Lipinski definition) is 3. The molecule has 3 rings (SSSR count). The van der Waals surface area contributed by atoms with E-state index in [1.54, 1.807) is 9.25 Å². The Labute approximate surface area is 132 Å². The topological polar surface area (TPSA) is 38.9 Å². The van der Waals surface area contributed by atoms with Gasteiger partial charge in [0.05, 0.1) is 6.20 Å². The molecule has 0 unspecified atom stereocenters. The zero-order valence-corrected chi connectivity index (χ0v) is 13.2. The monoisotopic (exact) mass is 327 g/mol. The molecule has 0 aliphatic carbocycles. The fourth-order valence-electron chi connectivity index (χ4n) is 3.17. The molecule has 2 aromatic rings. The average Bonchev–Trinajstić information content (AvgIpc) is 3.04. The van der Waals surface area contributed by atoms with Crippen molar-refractivity contribution < 1.29 is 13.2 Å². The van der Waals surface area contributed by atoms with Crippen LogP contribution in [-0.4, -0.2) is 37.8 Å². The lowest BCUT2D eigenvalue weighted by molar-refractivity contribution is -0.141. The van der Waals surface area contributed by atoms with Crippen LogP contribution in [0.3, 0.4) is 0 Å². The highest BCUT2D eigenvalue weighted by molar-refractivity contribution is 5.10. The number of alkyl halides is 3. The van der Waals surface area contributed by atoms with E-state index in [9.17, 15) is 13.2 Å². The van der Waals surface area contributed by atoms with Crippen molar-refractivity contribution in [3.8, 4) is 0 Å². The minimum atomic E-state index is -4.36. The van der Waals surface area contributed by atoms with E-state index in [4.69, 9.17) is 0 Å². The molecule has 1 atom stereocenters. The predicted octanol–water partition coefficient (Wildman–Crippen LogP) is 2.33. The molecule has 1 aliphatic rings. The van der Waals surface area contributed by atoms with Crippen molar-refractivity contribution in [2.45, 2.75) is 32.1 Å². The van der Waals surface area contributed by atoms with E-state index in [-0.39, 0.29) is 0 Å². The first-order chi connectivity index (χ1) is 10.8. The third kappa shape index (κ3) is 3.74. The van der Waals surface area contributed by atoms with E-state index in [0.717, 1.165) is 31.3 Å². The van der Waals surface area contributed by atoms with Gasteiger partial charge in [-0.05, 0) is 19.4 Å². The van der Waals surface area contributed by atoms with Gasteiger partial charge in [-0.1, -0.05) is 0 Å². The van der Waals surface area contributed by atoms with Crippen molar-refractivity contribution in [2.24, 2.45) is 13.0 Å². The lowest BCUT2D eigenvalue weighted by Gasteiger charge is -2.27. The van der Waals surface area contributed by atoms with Gasteiger partial charge in [-0.2, -0.15) is 18.3 Å². The summed E-state index contributed by atoms with van der Waals surface area (Å²) >= 11 is 0. The second-order valence-corrected chi connectivity index (χ2v) is 6.32. The Balaban J connectivity index is 1.59. The van der Waals surface area contributed by atoms with Gasteiger partial charge < -0.3 is 9.47 Å². The van der Waals surface area contributed by atoms with E-state index >= 15 is 0 Å². The molecule has 23 heavy (non-hydrogen) atoms. The normalized spacial score (nSPS) is 18.4. The van der Waals surface area contributed by atoms with Crippen molar-refractivity contribution in [1.29, 1.82) is 0 Å². The molecule has 0 spiro atoms. The third-order valence-corrected chi connectivity index (χ3v) is 4.16. The van der Waals surface area contributed by atoms with Gasteiger partial charge in [0, 0.05) is 51.1 Å². The summed E-state index contributed by atoms with van der Waals surface area (Å²) < 4.78 is 41.6. The SMILES string of the molecule is CN(Cc1cnn(C)c1)C[C@H]1CCc2nc(C(F)(F)F)cn2C1. The molecule has 1 aliphatic heterocycles. The fraction of sp³-hybridized carbons (Fsp3) is 0.600. The van der Waals surface area contributed by atoms with E-state index in [2.05, 4.69) is 15.0 Å². The predicted molar refractivity (Wildman–Crippen MR) is 78.6 cm³/mol. The maximum absolute atomic E-state index is 12.7. The molecule has 3 heterocycles. The second-order valence-electron chi connectivity index (χ2n) is 6.32. The van der Waals surface area contributed by atoms with Crippen LogP contribution in [0.5, 0.6) is 0 Å². The number of rotatable bonds is 4. The van der Waals surface area contributed by atoms with Crippen LogP contribution in [0.2, 0.25) is 0 Å². The number of aromatic nitrogens is 4. The zero-order valence-electron chi connectivity index (χ0n) is 13.2. The zero-order chi connectivity index (χ0) is 16.6. The highest BCUT2D eigenvalue weighted by Crippen LogP contribution is 2.30. The van der Waals surface area contributed by atoms with Crippen molar-refractivity contribution >= 4 is 0 Å². The van der Waals surface area contributed by atoms with Gasteiger partial charge in [0.1, 0.15) is 5.82 Å². The van der Waals surface area contributed by atoms with Gasteiger partial charge in [0.2, 0.25) is 0 Å². The summed E-state index contributed by atoms with van der Waals surface area (Å²) in [6.07, 6.45) is 2.05. The largest absolute Gasteiger partial charge is 0.434 e. The summed E-state index contributed by atoms with van der Waals surface area (Å²) in [5, 5.41) is 4.14. The van der Waals surface area contributed by atoms with Gasteiger partial charge in [-0.3, -0.25) is 4.68 Å². The van der Waals surface area contributed by atoms with E-state index in [1.807, 2.05) is 26.5 Å². The quantitative estimate of drug-likeness (QED) is 0.865. The molecule has 0 saturated heterocycles. The van der Waals surface area contributed by atoms with Crippen molar-refractivity contribution in [3.05, 3.63) is 35.7 Å². The summed E-state index contributed by atoms with van der Waals surface area (Å²) in [4.78, 5) is 5.91. The highest BCUT2D eigenvalue weighted by atomic mass is 19.4. The number of halogens is 3. The van der Waals surface area contributed by atoms with E-state index < -0.39 is 11.9 Å². The molecule has 5 nitrogen and oxygen atoms in total. The minimum Gasteiger partial charge on any atom is -0.334 e. The molecule has 0 radical (unpaired) electrons. The Morgan fingerprint density at radius 2 is 2.13 bits per heavy atom. The number of nitrogens with zero attached hydrogens (tertiary/aromatic N) is 5. The lowest BCUT2D eigenvalue weighted by Crippen LogP contribution is -2.31. The first-order valence-electron chi connectivity index (χ1n) is 7.60. The first kappa shape index (κ1) is 16.0. The van der Waals surface area contributed by atoms with Gasteiger partial charge >= 0.3 is 6.18 Å². The Kier molecular flexibility index (Phi) is 4.18. The molecule has 0 aromatic carbocycles. The summed E-state index contributed by atoms with van der Waals surface area (Å²) in [6.45, 7) is 2.22. The van der Waals surface area contributed by atoms with Crippen molar-refractivity contribution in [3.63, 3.8) is 0 Å². The van der Waals surface area contributed by atoms with Crippen molar-refractivity contribution in [1.82, 2.24) is 24.2 Å². The van der Waals surface area contributed by atoms with Gasteiger partial charge in [-0.15, -0.1) is 0 Å². The fourth-order valence-corrected chi connectivity index (χ4v) is 3.17. The summed E-state index contributed by atoms with van der Waals surface area (Å²) in [5.41, 5.74) is 0.352. The van der Waals surface area contributed by atoms with Gasteiger partial charge in [-0.25, -0.2) is 4.98 Å². The van der Waals surface area contributed by atoms with E-state index in [1.165, 1.54) is 0 Å². The molecular formula is C15H20F3N5. The van der Waals surface area contributed by atoms with Crippen LogP contribution in [0.1, 0.15) is 23.5 Å². The van der Waals surface area contributed by atoms with Crippen LogP contribution in [0.25, 0.3) is 0 Å². The second kappa shape index (κ2) is 5.99. The summed E-state index contributed by atoms with van der Waals surface area (Å²) in [7, 11) is 3.90. The van der Waals surface area contributed by atoms with Crippen LogP contribution in [-0.2, 0) is 32.7 Å². The molecule has 0 saturated carbocycles. The van der Waals surface area contributed by atoms with Crippen LogP contribution in [0.4, 0.5) is 13.2 Å². The highest BCUT2D eigenvalue weighted by Gasteiger charge is 2.35. The summed E-state index contributed by atoms with van der Waals surface area (Å²) in [6, 6.07) is 0. The Morgan fingerprint density at radius 1 is 1.35 bits per heavy atom. The van der Waals surface area contributed by atoms with Crippen LogP contribution >= 0.6 is 0 Å². The van der Waals surface area contributed by atoms with Crippen molar-refractivity contribution in [2.75, 3.05) is 13.6 Å². The molecule has 8 heteroatoms. The van der Waals surface area contributed by atoms with Gasteiger partial charge in [0.15, 0.2) is 5.69 Å². The molecule has 0 amide bonds. The lowest BCUT2D eigenvalue weighted by atomic mass is 9.99. The maximum atomic E-state index is 12.7. The number of fused-ring (bicyclic) bond motifs is 1. The number of aryl methyl sites for hydroxylation is 2. The standard InChI is InChI=1S/C15H20F3N5/c1-21(7-12-5-19-22(2)8-12)6-11-3-4-14-20-13(15(16,17)18)10-23(14)9-11/h5,8,10-11H,3-4,6-7,9H2,1-2H3/t11-/m1/s1. The third-order valence-electron chi connectivity index (χ3n) is 4.16. The number of imidazole rings is 1. The van der Waals surface area contributed by atoms with Crippen LogP contribution < -0.4 is 0 Å². The average molecular weight is 327 g/mol. The minimum absolute atomic E-state index is 0.333. The molecular weight excluding hydrogens is 307 g/mol. The van der Waals surface area contributed by atoms with Gasteiger partial charge in [0.25, 0.3) is 0 Å². The Morgan fingerprint density at radius 3 is 2.78 bits per heavy atom. The molecule has 0 fully saturated rings. The Hall–Kier alpha value is -1.83. The molecule has 0 N–H and O–H groups in total. The Bertz CT molecular complexity index is 673. The maximum Gasteiger partial charge on any atom is 0.434 e. The van der Waals surface area contributed by atoms with E-state index in [0.29, 0.717) is 24.7 Å². The molecule has 126 valence electrons. The molecule has 2 aromatic heterocycles. The van der Waals surface area contributed by atoms with Crippen LogP contribution in [0, 0.1) is 5.92 Å². The number of hydrogen-bond donors (Lipinski definition) is 0. The molecule has 0 bridgehead atoms. The first-order valence-corrected chi connectivity index (χ1v) is 7.60. The smallest absolute Gasteiger partial charge is 0.334 e.